The van der Waals surface area contributed by atoms with Gasteiger partial charge in [-0.2, -0.15) is 0 Å². The van der Waals surface area contributed by atoms with E-state index in [9.17, 15) is 14.9 Å². The minimum Gasteiger partial charge on any atom is -0.459 e. The Labute approximate surface area is 142 Å². The van der Waals surface area contributed by atoms with E-state index in [0.29, 0.717) is 31.4 Å². The summed E-state index contributed by atoms with van der Waals surface area (Å²) in [6, 6.07) is 0. The Balaban J connectivity index is 2.27. The second-order valence-electron chi connectivity index (χ2n) is 5.94. The molecule has 1 aromatic heterocycles. The van der Waals surface area contributed by atoms with E-state index < -0.39 is 21.9 Å². The first-order chi connectivity index (χ1) is 10.7. The normalized spacial score (nSPS) is 17.0. The molecule has 0 aliphatic carbocycles. The minimum atomic E-state index is -1.32. The van der Waals surface area contributed by atoms with Crippen LogP contribution in [0, 0.1) is 10.1 Å². The number of carbonyl (C=O) groups excluding carboxylic acids is 1. The van der Waals surface area contributed by atoms with Gasteiger partial charge >= 0.3 is 11.0 Å². The Hall–Kier alpha value is -1.45. The third-order valence-corrected chi connectivity index (χ3v) is 4.39. The molecule has 2 heterocycles. The molecular weight excluding hydrogens is 346 g/mol. The lowest BCUT2D eigenvalue weighted by Crippen LogP contribution is -2.36. The highest BCUT2D eigenvalue weighted by Gasteiger charge is 2.35. The molecule has 1 fully saturated rings. The molecule has 1 atom stereocenters. The molecule has 8 nitrogen and oxygen atoms in total. The van der Waals surface area contributed by atoms with Gasteiger partial charge in [0.1, 0.15) is 5.60 Å². The Morgan fingerprint density at radius 1 is 1.48 bits per heavy atom. The van der Waals surface area contributed by atoms with Crippen molar-refractivity contribution < 1.29 is 19.2 Å². The number of anilines is 1. The number of alkyl halides is 1. The van der Waals surface area contributed by atoms with Crippen LogP contribution in [0.5, 0.6) is 0 Å². The Bertz CT molecular complexity index is 595. The average Bonchev–Trinajstić information content (AvgIpc) is 2.91. The molecular formula is C13H18ClN3O5S. The summed E-state index contributed by atoms with van der Waals surface area (Å²) in [6.07, 6.45) is 0. The van der Waals surface area contributed by atoms with Crippen LogP contribution in [0.2, 0.25) is 0 Å². The van der Waals surface area contributed by atoms with Crippen molar-refractivity contribution in [3.63, 3.8) is 0 Å². The number of esters is 1. The predicted octanol–water partition coefficient (Wildman–Crippen LogP) is 2.51. The number of hydrogen-bond acceptors (Lipinski definition) is 8. The van der Waals surface area contributed by atoms with E-state index in [-0.39, 0.29) is 10.7 Å². The van der Waals surface area contributed by atoms with Gasteiger partial charge in [0.15, 0.2) is 16.2 Å². The lowest BCUT2D eigenvalue weighted by molar-refractivity contribution is -0.381. The minimum absolute atomic E-state index is 0.0718. The van der Waals surface area contributed by atoms with Gasteiger partial charge in [-0.25, -0.2) is 9.78 Å². The lowest BCUT2D eigenvalue weighted by Gasteiger charge is -2.25. The summed E-state index contributed by atoms with van der Waals surface area (Å²) in [6.45, 7) is 7.32. The van der Waals surface area contributed by atoms with Gasteiger partial charge in [-0.05, 0) is 32.1 Å². The van der Waals surface area contributed by atoms with E-state index in [0.717, 1.165) is 11.3 Å². The van der Waals surface area contributed by atoms with Gasteiger partial charge in [-0.1, -0.05) is 0 Å². The zero-order valence-electron chi connectivity index (χ0n) is 13.1. The smallest absolute Gasteiger partial charge is 0.351 e. The van der Waals surface area contributed by atoms with Crippen LogP contribution < -0.4 is 4.90 Å². The number of thiazole rings is 1. The van der Waals surface area contributed by atoms with Crippen molar-refractivity contribution in [2.24, 2.45) is 0 Å². The maximum atomic E-state index is 12.1. The molecule has 1 saturated heterocycles. The number of aromatic nitrogens is 1. The quantitative estimate of drug-likeness (QED) is 0.351. The van der Waals surface area contributed by atoms with Crippen molar-refractivity contribution in [3.05, 3.63) is 15.8 Å². The predicted molar refractivity (Wildman–Crippen MR) is 86.2 cm³/mol. The zero-order chi connectivity index (χ0) is 17.2. The third kappa shape index (κ3) is 4.52. The zero-order valence-corrected chi connectivity index (χ0v) is 14.6. The van der Waals surface area contributed by atoms with Crippen molar-refractivity contribution in [1.82, 2.24) is 4.98 Å². The fraction of sp³-hybridized carbons (Fsp3) is 0.692. The maximum absolute atomic E-state index is 12.1. The van der Waals surface area contributed by atoms with Gasteiger partial charge < -0.3 is 14.4 Å². The maximum Gasteiger partial charge on any atom is 0.351 e. The highest BCUT2D eigenvalue weighted by atomic mass is 35.5. The Morgan fingerprint density at radius 2 is 2.09 bits per heavy atom. The second kappa shape index (κ2) is 6.98. The second-order valence-corrected chi connectivity index (χ2v) is 7.33. The average molecular weight is 364 g/mol. The summed E-state index contributed by atoms with van der Waals surface area (Å²) in [5.74, 6) is -0.749. The molecule has 0 spiro atoms. The Morgan fingerprint density at radius 3 is 2.61 bits per heavy atom. The molecule has 0 N–H and O–H groups in total. The van der Waals surface area contributed by atoms with Gasteiger partial charge in [0, 0.05) is 13.1 Å². The summed E-state index contributed by atoms with van der Waals surface area (Å²) in [5, 5.41) is 10.2. The van der Waals surface area contributed by atoms with E-state index in [2.05, 4.69) is 4.98 Å². The largest absolute Gasteiger partial charge is 0.459 e. The van der Waals surface area contributed by atoms with Crippen LogP contribution in [0.4, 0.5) is 10.1 Å². The highest BCUT2D eigenvalue weighted by molar-refractivity contribution is 7.19. The summed E-state index contributed by atoms with van der Waals surface area (Å²) in [4.78, 5) is 28.9. The molecule has 23 heavy (non-hydrogen) atoms. The molecule has 1 aliphatic heterocycles. The summed E-state index contributed by atoms with van der Waals surface area (Å²) >= 11 is 6.99. The molecule has 1 aliphatic rings. The molecule has 1 aromatic rings. The van der Waals surface area contributed by atoms with Crippen molar-refractivity contribution in [3.8, 4) is 0 Å². The molecule has 0 amide bonds. The Kier molecular flexibility index (Phi) is 5.43. The van der Waals surface area contributed by atoms with E-state index in [1.165, 1.54) is 0 Å². The van der Waals surface area contributed by atoms with Crippen LogP contribution in [-0.4, -0.2) is 47.8 Å². The number of carbonyl (C=O) groups is 1. The van der Waals surface area contributed by atoms with Crippen LogP contribution in [0.15, 0.2) is 0 Å². The number of halogens is 1. The van der Waals surface area contributed by atoms with Gasteiger partial charge in [0.25, 0.3) is 0 Å². The molecule has 1 unspecified atom stereocenters. The molecule has 10 heteroatoms. The standard InChI is InChI=1S/C13H18ClN3O5S/c1-13(2,3)22-11(18)8(14)9-10(17(19)20)23-12(15-9)16-4-6-21-7-5-16/h8H,4-7H2,1-3H3. The van der Waals surface area contributed by atoms with Crippen LogP contribution in [0.3, 0.4) is 0 Å². The number of rotatable bonds is 4. The molecule has 0 bridgehead atoms. The molecule has 128 valence electrons. The highest BCUT2D eigenvalue weighted by Crippen LogP contribution is 2.39. The van der Waals surface area contributed by atoms with E-state index in [4.69, 9.17) is 21.1 Å². The van der Waals surface area contributed by atoms with E-state index in [1.807, 2.05) is 4.90 Å². The van der Waals surface area contributed by atoms with E-state index in [1.54, 1.807) is 20.8 Å². The number of nitro groups is 1. The van der Waals surface area contributed by atoms with Crippen molar-refractivity contribution >= 4 is 39.0 Å². The van der Waals surface area contributed by atoms with Crippen molar-refractivity contribution in [2.75, 3.05) is 31.2 Å². The van der Waals surface area contributed by atoms with Crippen LogP contribution in [-0.2, 0) is 14.3 Å². The van der Waals surface area contributed by atoms with Gasteiger partial charge in [0.2, 0.25) is 0 Å². The fourth-order valence-corrected chi connectivity index (χ4v) is 3.20. The SMILES string of the molecule is CC(C)(C)OC(=O)C(Cl)c1nc(N2CCOCC2)sc1[N+](=O)[O-]. The topological polar surface area (TPSA) is 94.8 Å². The van der Waals surface area contributed by atoms with Gasteiger partial charge in [0.05, 0.1) is 18.1 Å². The molecule has 0 radical (unpaired) electrons. The summed E-state index contributed by atoms with van der Waals surface area (Å²) in [7, 11) is 0. The molecule has 2 rings (SSSR count). The lowest BCUT2D eigenvalue weighted by atomic mass is 10.2. The number of hydrogen-bond donors (Lipinski definition) is 0. The van der Waals surface area contributed by atoms with Crippen LogP contribution >= 0.6 is 22.9 Å². The third-order valence-electron chi connectivity index (χ3n) is 2.92. The molecule has 0 aromatic carbocycles. The van der Waals surface area contributed by atoms with E-state index >= 15 is 0 Å². The van der Waals surface area contributed by atoms with Crippen LogP contribution in [0.25, 0.3) is 0 Å². The number of ether oxygens (including phenoxy) is 2. The van der Waals surface area contributed by atoms with Gasteiger partial charge in [-0.3, -0.25) is 10.1 Å². The van der Waals surface area contributed by atoms with Crippen LogP contribution in [0.1, 0.15) is 31.8 Å². The molecule has 0 saturated carbocycles. The monoisotopic (exact) mass is 363 g/mol. The van der Waals surface area contributed by atoms with Gasteiger partial charge in [-0.15, -0.1) is 11.6 Å². The number of nitrogens with zero attached hydrogens (tertiary/aromatic N) is 3. The fourth-order valence-electron chi connectivity index (χ4n) is 1.96. The van der Waals surface area contributed by atoms with Crippen molar-refractivity contribution in [1.29, 1.82) is 0 Å². The summed E-state index contributed by atoms with van der Waals surface area (Å²) in [5.41, 5.74) is -0.806. The number of morpholine rings is 1. The summed E-state index contributed by atoms with van der Waals surface area (Å²) < 4.78 is 10.4. The van der Waals surface area contributed by atoms with Crippen molar-refractivity contribution in [2.45, 2.75) is 31.7 Å². The first-order valence-corrected chi connectivity index (χ1v) is 8.29. The first-order valence-electron chi connectivity index (χ1n) is 7.04. The first kappa shape index (κ1) is 17.9.